The second kappa shape index (κ2) is 5.42. The van der Waals surface area contributed by atoms with Gasteiger partial charge in [-0.1, -0.05) is 19.1 Å². The highest BCUT2D eigenvalue weighted by Crippen LogP contribution is 2.59. The maximum atomic E-state index is 11.9. The van der Waals surface area contributed by atoms with E-state index in [9.17, 15) is 4.79 Å². The number of allylic oxidation sites excluding steroid dienone is 1. The van der Waals surface area contributed by atoms with E-state index in [1.165, 1.54) is 12.8 Å². The van der Waals surface area contributed by atoms with Crippen molar-refractivity contribution in [2.45, 2.75) is 70.2 Å². The topological polar surface area (TPSA) is 38.8 Å². The van der Waals surface area contributed by atoms with E-state index in [0.717, 1.165) is 37.5 Å². The lowest BCUT2D eigenvalue weighted by Gasteiger charge is -2.21. The molecule has 0 aromatic heterocycles. The van der Waals surface area contributed by atoms with Gasteiger partial charge in [-0.15, -0.1) is 0 Å². The fourth-order valence-corrected chi connectivity index (χ4v) is 4.71. The Balaban J connectivity index is 1.50. The van der Waals surface area contributed by atoms with E-state index in [4.69, 9.17) is 9.47 Å². The predicted molar refractivity (Wildman–Crippen MR) is 79.6 cm³/mol. The molecule has 3 fully saturated rings. The fourth-order valence-electron chi connectivity index (χ4n) is 4.71. The number of epoxide rings is 1. The molecule has 116 valence electrons. The molecule has 21 heavy (non-hydrogen) atoms. The number of fused-ring (bicyclic) bond motifs is 5. The zero-order chi connectivity index (χ0) is 14.4. The molecule has 2 aliphatic heterocycles. The first-order valence-corrected chi connectivity index (χ1v) is 8.79. The van der Waals surface area contributed by atoms with Gasteiger partial charge in [0.25, 0.3) is 0 Å². The van der Waals surface area contributed by atoms with Gasteiger partial charge in [0.05, 0.1) is 12.2 Å². The van der Waals surface area contributed by atoms with E-state index in [2.05, 4.69) is 19.1 Å². The van der Waals surface area contributed by atoms with E-state index in [1.54, 1.807) is 0 Å². The van der Waals surface area contributed by atoms with Crippen LogP contribution >= 0.6 is 0 Å². The summed E-state index contributed by atoms with van der Waals surface area (Å²) in [6, 6.07) is 0. The molecule has 0 unspecified atom stereocenters. The second-order valence-electron chi connectivity index (χ2n) is 7.29. The van der Waals surface area contributed by atoms with Crippen LogP contribution in [0.1, 0.15) is 51.9 Å². The van der Waals surface area contributed by atoms with E-state index < -0.39 is 0 Å². The van der Waals surface area contributed by atoms with Gasteiger partial charge < -0.3 is 9.47 Å². The number of ether oxygens (including phenoxy) is 2. The van der Waals surface area contributed by atoms with Crippen LogP contribution in [0.5, 0.6) is 0 Å². The third-order valence-corrected chi connectivity index (χ3v) is 5.96. The van der Waals surface area contributed by atoms with Crippen LogP contribution in [0.2, 0.25) is 0 Å². The molecule has 3 heteroatoms. The Kier molecular flexibility index (Phi) is 3.56. The Labute approximate surface area is 127 Å². The van der Waals surface area contributed by atoms with Crippen molar-refractivity contribution in [2.75, 3.05) is 0 Å². The maximum absolute atomic E-state index is 11.9. The van der Waals surface area contributed by atoms with Crippen molar-refractivity contribution in [1.29, 1.82) is 0 Å². The molecule has 4 rings (SSSR count). The molecule has 0 radical (unpaired) electrons. The summed E-state index contributed by atoms with van der Waals surface area (Å²) in [6.07, 6.45) is 13.1. The van der Waals surface area contributed by atoms with Crippen LogP contribution in [0.25, 0.3) is 0 Å². The highest BCUT2D eigenvalue weighted by molar-refractivity contribution is 5.69. The van der Waals surface area contributed by atoms with E-state index in [1.807, 2.05) is 0 Å². The van der Waals surface area contributed by atoms with Crippen LogP contribution in [-0.2, 0) is 14.3 Å². The van der Waals surface area contributed by atoms with Crippen molar-refractivity contribution in [2.24, 2.45) is 23.7 Å². The SMILES string of the molecule is CC[C@@H]1OC(=O)CCCC/C=C\[C@H]2[C@@H](C[C@@H]3O[C@H]23)[C@@H]2C[C@H]21. The Morgan fingerprint density at radius 1 is 1.19 bits per heavy atom. The normalized spacial score (nSPS) is 50.3. The molecule has 1 saturated heterocycles. The minimum Gasteiger partial charge on any atom is -0.462 e. The van der Waals surface area contributed by atoms with E-state index in [-0.39, 0.29) is 12.1 Å². The molecule has 0 amide bonds. The number of cyclic esters (lactones) is 1. The Morgan fingerprint density at radius 3 is 2.95 bits per heavy atom. The molecule has 0 spiro atoms. The molecule has 3 nitrogen and oxygen atoms in total. The summed E-state index contributed by atoms with van der Waals surface area (Å²) in [7, 11) is 0. The van der Waals surface area contributed by atoms with Crippen molar-refractivity contribution in [3.8, 4) is 0 Å². The van der Waals surface area contributed by atoms with Crippen molar-refractivity contribution in [3.05, 3.63) is 12.2 Å². The van der Waals surface area contributed by atoms with Gasteiger partial charge in [-0.05, 0) is 56.3 Å². The standard InChI is InChI=1S/C18H26O3/c1-2-15-14-9-12(14)13-10-16-18(21-16)11(13)7-5-3-4-6-8-17(19)20-15/h5,7,11-16,18H,2-4,6,8-10H2,1H3/b7-5-/t11-,12-,13+,14+,15-,16-,18+/m0/s1. The molecule has 0 N–H and O–H groups in total. The number of esters is 1. The largest absolute Gasteiger partial charge is 0.462 e. The van der Waals surface area contributed by atoms with E-state index in [0.29, 0.717) is 30.5 Å². The first kappa shape index (κ1) is 13.8. The number of hydrogen-bond donors (Lipinski definition) is 0. The van der Waals surface area contributed by atoms with Gasteiger partial charge in [-0.25, -0.2) is 0 Å². The third kappa shape index (κ3) is 2.65. The lowest BCUT2D eigenvalue weighted by atomic mass is 9.88. The highest BCUT2D eigenvalue weighted by atomic mass is 16.6. The molecular formula is C18H26O3. The fraction of sp³-hybridized carbons (Fsp3) is 0.833. The van der Waals surface area contributed by atoms with Crippen LogP contribution in [0.3, 0.4) is 0 Å². The lowest BCUT2D eigenvalue weighted by Crippen LogP contribution is -2.23. The molecule has 2 saturated carbocycles. The van der Waals surface area contributed by atoms with Crippen LogP contribution in [0.15, 0.2) is 12.2 Å². The molecule has 0 aromatic rings. The Hall–Kier alpha value is -0.830. The summed E-state index contributed by atoms with van der Waals surface area (Å²) in [5, 5.41) is 0. The Morgan fingerprint density at radius 2 is 2.10 bits per heavy atom. The third-order valence-electron chi connectivity index (χ3n) is 5.96. The van der Waals surface area contributed by atoms with E-state index >= 15 is 0 Å². The van der Waals surface area contributed by atoms with Crippen LogP contribution in [-0.4, -0.2) is 24.3 Å². The minimum atomic E-state index is 0.0184. The highest BCUT2D eigenvalue weighted by Gasteiger charge is 2.61. The van der Waals surface area contributed by atoms with Gasteiger partial charge in [0, 0.05) is 12.3 Å². The number of carbonyl (C=O) groups excluding carboxylic acids is 1. The van der Waals surface area contributed by atoms with Gasteiger partial charge >= 0.3 is 5.97 Å². The van der Waals surface area contributed by atoms with Gasteiger partial charge in [0.2, 0.25) is 0 Å². The molecule has 0 bridgehead atoms. The summed E-state index contributed by atoms with van der Waals surface area (Å²) < 4.78 is 11.5. The first-order chi connectivity index (χ1) is 10.3. The summed E-state index contributed by atoms with van der Waals surface area (Å²) in [5.41, 5.74) is 0. The molecule has 2 aliphatic carbocycles. The maximum Gasteiger partial charge on any atom is 0.306 e. The molecule has 0 aromatic carbocycles. The van der Waals surface area contributed by atoms with Gasteiger partial charge in [0.1, 0.15) is 6.10 Å². The number of carbonyl (C=O) groups is 1. The molecule has 4 aliphatic rings. The average Bonchev–Trinajstić information content (AvgIpc) is 3.37. The predicted octanol–water partition coefficient (Wildman–Crippen LogP) is 3.48. The van der Waals surface area contributed by atoms with Crippen LogP contribution in [0, 0.1) is 23.7 Å². The number of hydrogen-bond acceptors (Lipinski definition) is 3. The lowest BCUT2D eigenvalue weighted by molar-refractivity contribution is -0.150. The Bertz CT molecular complexity index is 444. The first-order valence-electron chi connectivity index (χ1n) is 8.79. The van der Waals surface area contributed by atoms with Crippen molar-refractivity contribution in [3.63, 3.8) is 0 Å². The quantitative estimate of drug-likeness (QED) is 0.421. The van der Waals surface area contributed by atoms with Crippen molar-refractivity contribution >= 4 is 5.97 Å². The second-order valence-corrected chi connectivity index (χ2v) is 7.29. The van der Waals surface area contributed by atoms with Crippen molar-refractivity contribution < 1.29 is 14.3 Å². The zero-order valence-corrected chi connectivity index (χ0v) is 12.9. The van der Waals surface area contributed by atoms with Crippen LogP contribution in [0.4, 0.5) is 0 Å². The summed E-state index contributed by atoms with van der Waals surface area (Å²) >= 11 is 0. The smallest absolute Gasteiger partial charge is 0.306 e. The minimum absolute atomic E-state index is 0.0184. The zero-order valence-electron chi connectivity index (χ0n) is 12.9. The summed E-state index contributed by atoms with van der Waals surface area (Å²) in [6.45, 7) is 2.15. The average molecular weight is 290 g/mol. The van der Waals surface area contributed by atoms with Gasteiger partial charge in [0.15, 0.2) is 0 Å². The van der Waals surface area contributed by atoms with Gasteiger partial charge in [-0.3, -0.25) is 4.79 Å². The molecule has 7 atom stereocenters. The summed E-state index contributed by atoms with van der Waals surface area (Å²) in [4.78, 5) is 11.9. The van der Waals surface area contributed by atoms with Crippen LogP contribution < -0.4 is 0 Å². The van der Waals surface area contributed by atoms with Gasteiger partial charge in [-0.2, -0.15) is 0 Å². The number of rotatable bonds is 1. The van der Waals surface area contributed by atoms with Crippen molar-refractivity contribution in [1.82, 2.24) is 0 Å². The molecule has 2 heterocycles. The monoisotopic (exact) mass is 290 g/mol. The summed E-state index contributed by atoms with van der Waals surface area (Å²) in [5.74, 6) is 2.78. The molecular weight excluding hydrogens is 264 g/mol.